The van der Waals surface area contributed by atoms with Gasteiger partial charge in [0, 0.05) is 17.8 Å². The van der Waals surface area contributed by atoms with Gasteiger partial charge in [-0.15, -0.1) is 0 Å². The zero-order valence-electron chi connectivity index (χ0n) is 8.55. The first kappa shape index (κ1) is 9.65. The number of H-pyrrole nitrogens is 1. The quantitative estimate of drug-likeness (QED) is 0.734. The lowest BCUT2D eigenvalue weighted by Crippen LogP contribution is -2.03. The Hall–Kier alpha value is -0.900. The molecule has 1 aromatic rings. The number of hydrogen-bond acceptors (Lipinski definition) is 3. The summed E-state index contributed by atoms with van der Waals surface area (Å²) in [6.45, 7) is 5.41. The van der Waals surface area contributed by atoms with Crippen LogP contribution in [0, 0.1) is 10.7 Å². The highest BCUT2D eigenvalue weighted by atomic mass is 32.1. The van der Waals surface area contributed by atoms with Gasteiger partial charge in [-0.1, -0.05) is 13.8 Å². The summed E-state index contributed by atoms with van der Waals surface area (Å²) >= 11 is 5.09. The van der Waals surface area contributed by atoms with Crippen LogP contribution < -0.4 is 5.32 Å². The maximum atomic E-state index is 5.09. The van der Waals surface area contributed by atoms with E-state index in [2.05, 4.69) is 29.1 Å². The SMILES string of the molecule is CC(C)Cc1[nH]c(=S)nc2c1CCN2. The molecule has 2 heterocycles. The Morgan fingerprint density at radius 2 is 2.29 bits per heavy atom. The number of fused-ring (bicyclic) bond motifs is 1. The van der Waals surface area contributed by atoms with Crippen molar-refractivity contribution < 1.29 is 0 Å². The fraction of sp³-hybridized carbons (Fsp3) is 0.600. The third-order valence-electron chi connectivity index (χ3n) is 2.40. The van der Waals surface area contributed by atoms with E-state index >= 15 is 0 Å². The van der Waals surface area contributed by atoms with Gasteiger partial charge in [-0.25, -0.2) is 4.98 Å². The number of nitrogens with one attached hydrogen (secondary N) is 2. The molecule has 3 nitrogen and oxygen atoms in total. The predicted molar refractivity (Wildman–Crippen MR) is 60.2 cm³/mol. The average Bonchev–Trinajstić information content (AvgIpc) is 2.50. The minimum absolute atomic E-state index is 0.591. The van der Waals surface area contributed by atoms with Crippen LogP contribution in [0.2, 0.25) is 0 Å². The Labute approximate surface area is 89.0 Å². The molecule has 76 valence electrons. The second-order valence-corrected chi connectivity index (χ2v) is 4.51. The first-order valence-corrected chi connectivity index (χ1v) is 5.43. The van der Waals surface area contributed by atoms with Crippen LogP contribution in [0.4, 0.5) is 5.82 Å². The Kier molecular flexibility index (Phi) is 2.54. The van der Waals surface area contributed by atoms with Crippen LogP contribution in [-0.2, 0) is 12.8 Å². The molecule has 2 rings (SSSR count). The van der Waals surface area contributed by atoms with Crippen molar-refractivity contribution in [2.75, 3.05) is 11.9 Å². The first-order chi connectivity index (χ1) is 6.66. The average molecular weight is 209 g/mol. The number of aromatic amines is 1. The molecule has 0 atom stereocenters. The number of anilines is 1. The van der Waals surface area contributed by atoms with E-state index in [1.807, 2.05) is 0 Å². The molecule has 0 aromatic carbocycles. The summed E-state index contributed by atoms with van der Waals surface area (Å²) < 4.78 is 0.591. The molecule has 0 bridgehead atoms. The molecular weight excluding hydrogens is 194 g/mol. The van der Waals surface area contributed by atoms with Gasteiger partial charge in [0.1, 0.15) is 5.82 Å². The lowest BCUT2D eigenvalue weighted by molar-refractivity contribution is 0.629. The standard InChI is InChI=1S/C10H15N3S/c1-6(2)5-8-7-3-4-11-9(7)13-10(14)12-8/h6H,3-5H2,1-2H3,(H2,11,12,13,14). The molecule has 0 aliphatic carbocycles. The van der Waals surface area contributed by atoms with Gasteiger partial charge >= 0.3 is 0 Å². The minimum atomic E-state index is 0.591. The Morgan fingerprint density at radius 1 is 1.50 bits per heavy atom. The number of rotatable bonds is 2. The summed E-state index contributed by atoms with van der Waals surface area (Å²) in [7, 11) is 0. The summed E-state index contributed by atoms with van der Waals surface area (Å²) in [6.07, 6.45) is 2.12. The molecule has 0 saturated heterocycles. The smallest absolute Gasteiger partial charge is 0.198 e. The second kappa shape index (κ2) is 3.69. The molecule has 14 heavy (non-hydrogen) atoms. The van der Waals surface area contributed by atoms with Crippen molar-refractivity contribution in [3.8, 4) is 0 Å². The molecule has 1 aliphatic rings. The zero-order chi connectivity index (χ0) is 10.1. The third-order valence-corrected chi connectivity index (χ3v) is 2.59. The maximum absolute atomic E-state index is 5.09. The highest BCUT2D eigenvalue weighted by molar-refractivity contribution is 7.71. The normalized spacial score (nSPS) is 14.2. The van der Waals surface area contributed by atoms with Gasteiger partial charge < -0.3 is 10.3 Å². The monoisotopic (exact) mass is 209 g/mol. The zero-order valence-corrected chi connectivity index (χ0v) is 9.37. The fourth-order valence-corrected chi connectivity index (χ4v) is 2.06. The minimum Gasteiger partial charge on any atom is -0.369 e. The van der Waals surface area contributed by atoms with Crippen LogP contribution >= 0.6 is 12.2 Å². The molecule has 0 spiro atoms. The van der Waals surface area contributed by atoms with Crippen molar-refractivity contribution in [2.24, 2.45) is 5.92 Å². The van der Waals surface area contributed by atoms with Gasteiger partial charge in [0.2, 0.25) is 0 Å². The summed E-state index contributed by atoms with van der Waals surface area (Å²) in [5, 5.41) is 3.26. The lowest BCUT2D eigenvalue weighted by Gasteiger charge is -2.09. The van der Waals surface area contributed by atoms with E-state index in [-0.39, 0.29) is 0 Å². The Morgan fingerprint density at radius 3 is 3.00 bits per heavy atom. The molecule has 0 amide bonds. The fourth-order valence-electron chi connectivity index (χ4n) is 1.85. The largest absolute Gasteiger partial charge is 0.369 e. The van der Waals surface area contributed by atoms with Crippen LogP contribution in [0.3, 0.4) is 0 Å². The lowest BCUT2D eigenvalue weighted by atomic mass is 10.0. The molecule has 0 saturated carbocycles. The first-order valence-electron chi connectivity index (χ1n) is 5.02. The number of aromatic nitrogens is 2. The van der Waals surface area contributed by atoms with Gasteiger partial charge in [0.15, 0.2) is 4.77 Å². The molecule has 4 heteroatoms. The van der Waals surface area contributed by atoms with E-state index in [1.54, 1.807) is 0 Å². The maximum Gasteiger partial charge on any atom is 0.198 e. The van der Waals surface area contributed by atoms with Crippen molar-refractivity contribution in [2.45, 2.75) is 26.7 Å². The molecule has 0 unspecified atom stereocenters. The van der Waals surface area contributed by atoms with E-state index in [1.165, 1.54) is 11.3 Å². The highest BCUT2D eigenvalue weighted by Gasteiger charge is 2.16. The summed E-state index contributed by atoms with van der Waals surface area (Å²) in [5.74, 6) is 1.64. The van der Waals surface area contributed by atoms with Crippen molar-refractivity contribution in [3.63, 3.8) is 0 Å². The summed E-state index contributed by atoms with van der Waals surface area (Å²) in [5.41, 5.74) is 2.59. The van der Waals surface area contributed by atoms with Crippen molar-refractivity contribution >= 4 is 18.0 Å². The van der Waals surface area contributed by atoms with E-state index in [9.17, 15) is 0 Å². The van der Waals surface area contributed by atoms with Gasteiger partial charge in [-0.3, -0.25) is 0 Å². The van der Waals surface area contributed by atoms with E-state index in [0.717, 1.165) is 25.2 Å². The molecule has 1 aliphatic heterocycles. The van der Waals surface area contributed by atoms with Crippen LogP contribution in [-0.4, -0.2) is 16.5 Å². The van der Waals surface area contributed by atoms with Crippen molar-refractivity contribution in [1.29, 1.82) is 0 Å². The van der Waals surface area contributed by atoms with Gasteiger partial charge in [-0.2, -0.15) is 0 Å². The van der Waals surface area contributed by atoms with E-state index in [0.29, 0.717) is 10.7 Å². The summed E-state index contributed by atoms with van der Waals surface area (Å²) in [6, 6.07) is 0. The van der Waals surface area contributed by atoms with Crippen LogP contribution in [0.15, 0.2) is 0 Å². The predicted octanol–water partition coefficient (Wildman–Crippen LogP) is 2.31. The number of hydrogen-bond donors (Lipinski definition) is 2. The molecular formula is C10H15N3S. The third kappa shape index (κ3) is 1.80. The van der Waals surface area contributed by atoms with E-state index < -0.39 is 0 Å². The van der Waals surface area contributed by atoms with Crippen LogP contribution in [0.1, 0.15) is 25.1 Å². The van der Waals surface area contributed by atoms with E-state index in [4.69, 9.17) is 12.2 Å². The van der Waals surface area contributed by atoms with Gasteiger partial charge in [-0.05, 0) is 31.0 Å². The van der Waals surface area contributed by atoms with Crippen molar-refractivity contribution in [3.05, 3.63) is 16.0 Å². The molecule has 0 radical (unpaired) electrons. The van der Waals surface area contributed by atoms with Crippen LogP contribution in [0.5, 0.6) is 0 Å². The Balaban J connectivity index is 2.43. The van der Waals surface area contributed by atoms with Crippen molar-refractivity contribution in [1.82, 2.24) is 9.97 Å². The Bertz CT molecular complexity index is 395. The van der Waals surface area contributed by atoms with Crippen LogP contribution in [0.25, 0.3) is 0 Å². The molecule has 2 N–H and O–H groups in total. The molecule has 1 aromatic heterocycles. The summed E-state index contributed by atoms with van der Waals surface area (Å²) in [4.78, 5) is 7.47. The van der Waals surface area contributed by atoms with Gasteiger partial charge in [0.05, 0.1) is 0 Å². The highest BCUT2D eigenvalue weighted by Crippen LogP contribution is 2.23. The second-order valence-electron chi connectivity index (χ2n) is 4.12. The van der Waals surface area contributed by atoms with Gasteiger partial charge in [0.25, 0.3) is 0 Å². The number of nitrogens with zero attached hydrogens (tertiary/aromatic N) is 1. The topological polar surface area (TPSA) is 40.7 Å². The molecule has 0 fully saturated rings.